The third-order valence-corrected chi connectivity index (χ3v) is 5.31. The Morgan fingerprint density at radius 3 is 1.10 bits per heavy atom. The van der Waals surface area contributed by atoms with E-state index >= 15 is 0 Å². The monoisotopic (exact) mass is 582 g/mol. The SMILES string of the molecule is COc1cccc(/C=N/OCCO/N=C/c2ccc(/C=N/OCCO/N=C/c3cccc(OC)c3O)c(O)c2O)c1O. The molecule has 0 spiro atoms. The topological polar surface area (TPSA) is 186 Å². The molecule has 3 rings (SSSR count). The largest absolute Gasteiger partial charge is 0.504 e. The molecule has 0 aliphatic heterocycles. The zero-order valence-corrected chi connectivity index (χ0v) is 22.8. The normalized spacial score (nSPS) is 11.5. The van der Waals surface area contributed by atoms with Crippen molar-refractivity contribution in [2.45, 2.75) is 0 Å². The van der Waals surface area contributed by atoms with Crippen molar-refractivity contribution in [3.63, 3.8) is 0 Å². The number of ether oxygens (including phenoxy) is 2. The van der Waals surface area contributed by atoms with Crippen LogP contribution in [0, 0.1) is 0 Å². The Hall–Kier alpha value is -5.66. The maximum atomic E-state index is 10.2. The highest BCUT2D eigenvalue weighted by molar-refractivity contribution is 5.91. The molecule has 0 bridgehead atoms. The van der Waals surface area contributed by atoms with E-state index in [0.29, 0.717) is 22.6 Å². The summed E-state index contributed by atoms with van der Waals surface area (Å²) < 4.78 is 10.0. The van der Waals surface area contributed by atoms with Crippen LogP contribution in [-0.4, -0.2) is 85.9 Å². The molecule has 0 atom stereocenters. The number of aromatic hydroxyl groups is 4. The van der Waals surface area contributed by atoms with Gasteiger partial charge in [0, 0.05) is 22.3 Å². The van der Waals surface area contributed by atoms with Gasteiger partial charge in [0.15, 0.2) is 60.9 Å². The number of hydrogen-bond acceptors (Lipinski definition) is 14. The highest BCUT2D eigenvalue weighted by Crippen LogP contribution is 2.31. The van der Waals surface area contributed by atoms with E-state index in [9.17, 15) is 20.4 Å². The number of benzene rings is 3. The molecule has 0 aromatic heterocycles. The quantitative estimate of drug-likeness (QED) is 0.0845. The van der Waals surface area contributed by atoms with Crippen LogP contribution in [0.4, 0.5) is 0 Å². The molecule has 0 aliphatic carbocycles. The second-order valence-electron chi connectivity index (χ2n) is 8.01. The summed E-state index contributed by atoms with van der Waals surface area (Å²) in [5.74, 6) is -0.330. The van der Waals surface area contributed by atoms with Crippen molar-refractivity contribution in [1.29, 1.82) is 0 Å². The molecule has 0 saturated carbocycles. The number of nitrogens with zero attached hydrogens (tertiary/aromatic N) is 4. The Morgan fingerprint density at radius 1 is 0.476 bits per heavy atom. The number of para-hydroxylation sites is 2. The Kier molecular flexibility index (Phi) is 12.1. The summed E-state index contributed by atoms with van der Waals surface area (Å²) in [5.41, 5.74) is 1.25. The van der Waals surface area contributed by atoms with Crippen molar-refractivity contribution in [3.05, 3.63) is 70.8 Å². The summed E-state index contributed by atoms with van der Waals surface area (Å²) >= 11 is 0. The summed E-state index contributed by atoms with van der Waals surface area (Å²) in [5, 5.41) is 55.4. The van der Waals surface area contributed by atoms with Crippen LogP contribution in [0.3, 0.4) is 0 Å². The van der Waals surface area contributed by atoms with Crippen LogP contribution in [-0.2, 0) is 19.4 Å². The van der Waals surface area contributed by atoms with E-state index in [1.807, 2.05) is 0 Å². The molecule has 0 radical (unpaired) electrons. The van der Waals surface area contributed by atoms with Crippen LogP contribution in [0.15, 0.2) is 69.2 Å². The minimum Gasteiger partial charge on any atom is -0.504 e. The van der Waals surface area contributed by atoms with E-state index in [4.69, 9.17) is 28.8 Å². The van der Waals surface area contributed by atoms with Gasteiger partial charge in [-0.3, -0.25) is 0 Å². The standard InChI is InChI=1S/C28H30N4O10/c1-37-23-7-3-5-19(25(23)33)15-29-39-11-13-41-31-17-21-9-10-22(28(36)27(21)35)18-32-42-14-12-40-30-16-20-6-4-8-24(38-2)26(20)34/h3-10,15-18,33-36H,11-14H2,1-2H3/b29-15+,30-16+,31-17+,32-18+. The Morgan fingerprint density at radius 2 is 0.786 bits per heavy atom. The molecule has 222 valence electrons. The summed E-state index contributed by atoms with van der Waals surface area (Å²) in [6, 6.07) is 12.9. The summed E-state index contributed by atoms with van der Waals surface area (Å²) in [7, 11) is 2.89. The van der Waals surface area contributed by atoms with E-state index in [2.05, 4.69) is 20.6 Å². The fourth-order valence-corrected chi connectivity index (χ4v) is 3.17. The van der Waals surface area contributed by atoms with E-state index in [-0.39, 0.29) is 49.1 Å². The molecule has 3 aromatic rings. The third kappa shape index (κ3) is 8.94. The first-order chi connectivity index (χ1) is 20.5. The molecule has 0 heterocycles. The summed E-state index contributed by atoms with van der Waals surface area (Å²) in [4.78, 5) is 20.2. The highest BCUT2D eigenvalue weighted by atomic mass is 16.7. The van der Waals surface area contributed by atoms with Gasteiger partial charge >= 0.3 is 0 Å². The molecule has 3 aromatic carbocycles. The minimum absolute atomic E-state index is 0.0469. The maximum absolute atomic E-state index is 10.2. The first kappa shape index (κ1) is 30.9. The van der Waals surface area contributed by atoms with Gasteiger partial charge in [-0.05, 0) is 36.4 Å². The molecule has 14 heteroatoms. The lowest BCUT2D eigenvalue weighted by molar-refractivity contribution is 0.0552. The van der Waals surface area contributed by atoms with Gasteiger partial charge in [-0.1, -0.05) is 32.8 Å². The van der Waals surface area contributed by atoms with Crippen LogP contribution in [0.1, 0.15) is 22.3 Å². The molecule has 0 aliphatic rings. The van der Waals surface area contributed by atoms with Crippen LogP contribution in [0.2, 0.25) is 0 Å². The number of hydrogen-bond donors (Lipinski definition) is 4. The number of phenols is 4. The van der Waals surface area contributed by atoms with Crippen molar-refractivity contribution in [2.24, 2.45) is 20.6 Å². The van der Waals surface area contributed by atoms with E-state index < -0.39 is 11.5 Å². The second kappa shape index (κ2) is 16.4. The molecule has 0 amide bonds. The average Bonchev–Trinajstić information content (AvgIpc) is 3.00. The van der Waals surface area contributed by atoms with Gasteiger partial charge in [-0.2, -0.15) is 0 Å². The Labute approximate surface area is 240 Å². The molecular weight excluding hydrogens is 552 g/mol. The highest BCUT2D eigenvalue weighted by Gasteiger charge is 2.10. The number of oxime groups is 4. The minimum atomic E-state index is -0.427. The fourth-order valence-electron chi connectivity index (χ4n) is 3.17. The van der Waals surface area contributed by atoms with Crippen molar-refractivity contribution >= 4 is 24.9 Å². The Balaban J connectivity index is 1.36. The molecule has 0 fully saturated rings. The van der Waals surface area contributed by atoms with Crippen LogP contribution >= 0.6 is 0 Å². The van der Waals surface area contributed by atoms with E-state index in [1.54, 1.807) is 36.4 Å². The molecule has 14 nitrogen and oxygen atoms in total. The molecular formula is C28H30N4O10. The summed E-state index contributed by atoms with van der Waals surface area (Å²) in [6.07, 6.45) is 5.09. The van der Waals surface area contributed by atoms with E-state index in [1.165, 1.54) is 51.2 Å². The first-order valence-corrected chi connectivity index (χ1v) is 12.3. The summed E-state index contributed by atoms with van der Waals surface area (Å²) in [6.45, 7) is 0.222. The maximum Gasteiger partial charge on any atom is 0.167 e. The lowest BCUT2D eigenvalue weighted by atomic mass is 10.1. The van der Waals surface area contributed by atoms with Gasteiger partial charge in [-0.15, -0.1) is 0 Å². The molecule has 0 saturated heterocycles. The smallest absolute Gasteiger partial charge is 0.167 e. The number of methoxy groups -OCH3 is 2. The predicted molar refractivity (Wildman–Crippen MR) is 153 cm³/mol. The predicted octanol–water partition coefficient (Wildman–Crippen LogP) is 3.33. The molecule has 0 unspecified atom stereocenters. The van der Waals surface area contributed by atoms with Crippen LogP contribution < -0.4 is 9.47 Å². The second-order valence-corrected chi connectivity index (χ2v) is 8.01. The number of rotatable bonds is 16. The van der Waals surface area contributed by atoms with Gasteiger partial charge in [0.05, 0.1) is 39.1 Å². The Bertz CT molecular complexity index is 1320. The van der Waals surface area contributed by atoms with Gasteiger partial charge in [0.25, 0.3) is 0 Å². The van der Waals surface area contributed by atoms with Crippen molar-refractivity contribution < 1.29 is 49.3 Å². The van der Waals surface area contributed by atoms with Crippen LogP contribution in [0.25, 0.3) is 0 Å². The van der Waals surface area contributed by atoms with Gasteiger partial charge in [0.1, 0.15) is 0 Å². The van der Waals surface area contributed by atoms with Gasteiger partial charge < -0.3 is 49.3 Å². The molecule has 42 heavy (non-hydrogen) atoms. The average molecular weight is 583 g/mol. The fraction of sp³-hybridized carbons (Fsp3) is 0.214. The van der Waals surface area contributed by atoms with Crippen LogP contribution in [0.5, 0.6) is 34.5 Å². The number of phenolic OH excluding ortho intramolecular Hbond substituents is 4. The zero-order chi connectivity index (χ0) is 30.2. The van der Waals surface area contributed by atoms with Gasteiger partial charge in [0.2, 0.25) is 0 Å². The van der Waals surface area contributed by atoms with Gasteiger partial charge in [-0.25, -0.2) is 0 Å². The van der Waals surface area contributed by atoms with Crippen molar-refractivity contribution in [3.8, 4) is 34.5 Å². The zero-order valence-electron chi connectivity index (χ0n) is 22.8. The van der Waals surface area contributed by atoms with E-state index in [0.717, 1.165) is 0 Å². The lowest BCUT2D eigenvalue weighted by Gasteiger charge is -2.05. The lowest BCUT2D eigenvalue weighted by Crippen LogP contribution is -1.99. The van der Waals surface area contributed by atoms with Crippen molar-refractivity contribution in [1.82, 2.24) is 0 Å². The van der Waals surface area contributed by atoms with Crippen molar-refractivity contribution in [2.75, 3.05) is 40.6 Å². The third-order valence-electron chi connectivity index (χ3n) is 5.31. The first-order valence-electron chi connectivity index (χ1n) is 12.3. The molecule has 4 N–H and O–H groups in total.